The Morgan fingerprint density at radius 2 is 2.10 bits per heavy atom. The molecule has 2 aliphatic heterocycles. The Morgan fingerprint density at radius 1 is 1.33 bits per heavy atom. The van der Waals surface area contributed by atoms with Crippen LogP contribution in [0.5, 0.6) is 0 Å². The number of nitrogens with zero attached hydrogens (tertiary/aromatic N) is 1. The minimum Gasteiger partial charge on any atom is -0.481 e. The van der Waals surface area contributed by atoms with Gasteiger partial charge in [-0.05, 0) is 30.9 Å². The van der Waals surface area contributed by atoms with E-state index in [4.69, 9.17) is 0 Å². The minimum atomic E-state index is -4.34. The Bertz CT molecular complexity index is 558. The molecule has 0 saturated carbocycles. The zero-order chi connectivity index (χ0) is 15.2. The molecule has 3 nitrogen and oxygen atoms in total. The van der Waals surface area contributed by atoms with Gasteiger partial charge in [-0.3, -0.25) is 9.69 Å². The Kier molecular flexibility index (Phi) is 3.43. The third-order valence-corrected chi connectivity index (χ3v) is 4.62. The first-order valence-electron chi connectivity index (χ1n) is 7.01. The highest BCUT2D eigenvalue weighted by Crippen LogP contribution is 2.42. The van der Waals surface area contributed by atoms with Crippen molar-refractivity contribution in [1.82, 2.24) is 4.90 Å². The Morgan fingerprint density at radius 3 is 2.71 bits per heavy atom. The van der Waals surface area contributed by atoms with Crippen molar-refractivity contribution in [3.05, 3.63) is 35.4 Å². The molecule has 0 aromatic heterocycles. The molecule has 1 aromatic rings. The van der Waals surface area contributed by atoms with Crippen molar-refractivity contribution in [3.63, 3.8) is 0 Å². The van der Waals surface area contributed by atoms with Crippen LogP contribution < -0.4 is 0 Å². The lowest BCUT2D eigenvalue weighted by Gasteiger charge is -2.23. The summed E-state index contributed by atoms with van der Waals surface area (Å²) in [7, 11) is 0. The number of hydrogen-bond donors (Lipinski definition) is 1. The molecule has 0 radical (unpaired) electrons. The van der Waals surface area contributed by atoms with Crippen LogP contribution in [0.15, 0.2) is 24.3 Å². The molecular weight excluding hydrogens is 283 g/mol. The van der Waals surface area contributed by atoms with E-state index in [0.717, 1.165) is 25.0 Å². The van der Waals surface area contributed by atoms with Gasteiger partial charge >= 0.3 is 12.1 Å². The van der Waals surface area contributed by atoms with E-state index in [0.29, 0.717) is 18.5 Å². The fourth-order valence-corrected chi connectivity index (χ4v) is 3.67. The molecule has 3 rings (SSSR count). The monoisotopic (exact) mass is 299 g/mol. The zero-order valence-electron chi connectivity index (χ0n) is 11.3. The van der Waals surface area contributed by atoms with Crippen molar-refractivity contribution >= 4 is 5.97 Å². The summed E-state index contributed by atoms with van der Waals surface area (Å²) in [6.07, 6.45) is -1.98. The van der Waals surface area contributed by atoms with Gasteiger partial charge in [-0.25, -0.2) is 0 Å². The van der Waals surface area contributed by atoms with E-state index in [9.17, 15) is 23.1 Å². The number of carboxylic acids is 1. The highest BCUT2D eigenvalue weighted by molar-refractivity contribution is 5.71. The van der Waals surface area contributed by atoms with Crippen LogP contribution in [-0.2, 0) is 17.5 Å². The molecule has 3 atom stereocenters. The molecule has 2 bridgehead atoms. The lowest BCUT2D eigenvalue weighted by atomic mass is 9.89. The van der Waals surface area contributed by atoms with E-state index >= 15 is 0 Å². The molecule has 0 amide bonds. The Hall–Kier alpha value is -1.56. The van der Waals surface area contributed by atoms with Crippen LogP contribution in [-0.4, -0.2) is 28.1 Å². The number of fused-ring (bicyclic) bond motifs is 2. The number of carbonyl (C=O) groups is 1. The predicted octanol–water partition coefficient (Wildman–Crippen LogP) is 3.14. The first kappa shape index (κ1) is 14.4. The zero-order valence-corrected chi connectivity index (χ0v) is 11.3. The van der Waals surface area contributed by atoms with Crippen molar-refractivity contribution in [2.75, 3.05) is 0 Å². The van der Waals surface area contributed by atoms with Gasteiger partial charge in [0.15, 0.2) is 0 Å². The predicted molar refractivity (Wildman–Crippen MR) is 69.5 cm³/mol. The van der Waals surface area contributed by atoms with Crippen LogP contribution >= 0.6 is 0 Å². The number of carboxylic acid groups (broad SMARTS) is 1. The second kappa shape index (κ2) is 5.02. The lowest BCUT2D eigenvalue weighted by molar-refractivity contribution is -0.142. The van der Waals surface area contributed by atoms with Crippen molar-refractivity contribution < 1.29 is 23.1 Å². The molecule has 114 valence electrons. The smallest absolute Gasteiger partial charge is 0.416 e. The molecule has 0 unspecified atom stereocenters. The average molecular weight is 299 g/mol. The highest BCUT2D eigenvalue weighted by atomic mass is 19.4. The van der Waals surface area contributed by atoms with Gasteiger partial charge in [0, 0.05) is 18.6 Å². The highest BCUT2D eigenvalue weighted by Gasteiger charge is 2.49. The molecule has 6 heteroatoms. The van der Waals surface area contributed by atoms with Gasteiger partial charge in [-0.15, -0.1) is 0 Å². The normalized spacial score (nSPS) is 29.0. The molecule has 1 aromatic carbocycles. The number of benzene rings is 1. The number of aliphatic carboxylic acids is 1. The summed E-state index contributed by atoms with van der Waals surface area (Å²) in [5.41, 5.74) is -0.0610. The Balaban J connectivity index is 1.77. The maximum atomic E-state index is 12.7. The first-order valence-corrected chi connectivity index (χ1v) is 7.01. The van der Waals surface area contributed by atoms with E-state index in [1.54, 1.807) is 6.07 Å². The summed E-state index contributed by atoms with van der Waals surface area (Å²) in [5.74, 6) is -1.18. The van der Waals surface area contributed by atoms with E-state index in [2.05, 4.69) is 4.90 Å². The third-order valence-electron chi connectivity index (χ3n) is 4.62. The van der Waals surface area contributed by atoms with Gasteiger partial charge in [0.25, 0.3) is 0 Å². The molecule has 21 heavy (non-hydrogen) atoms. The summed E-state index contributed by atoms with van der Waals surface area (Å²) >= 11 is 0. The SMILES string of the molecule is O=C(O)[C@@H]1C[C@H]2CC[C@H]1N2Cc1cccc(C(F)(F)F)c1. The van der Waals surface area contributed by atoms with Crippen molar-refractivity contribution in [2.45, 2.75) is 44.1 Å². The fourth-order valence-electron chi connectivity index (χ4n) is 3.67. The van der Waals surface area contributed by atoms with Crippen molar-refractivity contribution in [2.24, 2.45) is 5.92 Å². The molecular formula is C15H16F3NO2. The van der Waals surface area contributed by atoms with Crippen LogP contribution in [0.2, 0.25) is 0 Å². The number of rotatable bonds is 3. The van der Waals surface area contributed by atoms with Crippen molar-refractivity contribution in [1.29, 1.82) is 0 Å². The molecule has 2 fully saturated rings. The van der Waals surface area contributed by atoms with Gasteiger partial charge in [-0.1, -0.05) is 18.2 Å². The molecule has 2 heterocycles. The summed E-state index contributed by atoms with van der Waals surface area (Å²) in [6.45, 7) is 0.392. The Labute approximate surface area is 120 Å². The minimum absolute atomic E-state index is 0.0398. The summed E-state index contributed by atoms with van der Waals surface area (Å²) in [6, 6.07) is 5.44. The molecule has 2 saturated heterocycles. The van der Waals surface area contributed by atoms with Crippen LogP contribution in [0.25, 0.3) is 0 Å². The van der Waals surface area contributed by atoms with E-state index in [1.807, 2.05) is 0 Å². The van der Waals surface area contributed by atoms with Gasteiger partial charge in [-0.2, -0.15) is 13.2 Å². The standard InChI is InChI=1S/C15H16F3NO2/c16-15(17,18)10-3-1-2-9(6-10)8-19-11-4-5-13(19)12(7-11)14(20)21/h1-3,6,11-13H,4-5,7-8H2,(H,20,21)/t11-,12-,13-/m1/s1. The number of halogens is 3. The van der Waals surface area contributed by atoms with E-state index in [1.165, 1.54) is 6.07 Å². The lowest BCUT2D eigenvalue weighted by Crippen LogP contribution is -2.32. The first-order chi connectivity index (χ1) is 9.86. The molecule has 0 spiro atoms. The quantitative estimate of drug-likeness (QED) is 0.932. The fraction of sp³-hybridized carbons (Fsp3) is 0.533. The van der Waals surface area contributed by atoms with Gasteiger partial charge in [0.05, 0.1) is 11.5 Å². The number of hydrogen-bond acceptors (Lipinski definition) is 2. The topological polar surface area (TPSA) is 40.5 Å². The summed E-state index contributed by atoms with van der Waals surface area (Å²) in [4.78, 5) is 13.3. The largest absolute Gasteiger partial charge is 0.481 e. The molecule has 0 aliphatic carbocycles. The maximum absolute atomic E-state index is 12.7. The van der Waals surface area contributed by atoms with Gasteiger partial charge in [0.2, 0.25) is 0 Å². The third kappa shape index (κ3) is 2.64. The van der Waals surface area contributed by atoms with Crippen LogP contribution in [0.4, 0.5) is 13.2 Å². The van der Waals surface area contributed by atoms with E-state index < -0.39 is 17.7 Å². The van der Waals surface area contributed by atoms with Crippen LogP contribution in [0.3, 0.4) is 0 Å². The van der Waals surface area contributed by atoms with E-state index in [-0.39, 0.29) is 18.0 Å². The maximum Gasteiger partial charge on any atom is 0.416 e. The second-order valence-electron chi connectivity index (χ2n) is 5.85. The van der Waals surface area contributed by atoms with Gasteiger partial charge < -0.3 is 5.11 Å². The summed E-state index contributed by atoms with van der Waals surface area (Å²) in [5, 5.41) is 9.19. The van der Waals surface area contributed by atoms with Crippen molar-refractivity contribution in [3.8, 4) is 0 Å². The molecule has 1 N–H and O–H groups in total. The number of alkyl halides is 3. The van der Waals surface area contributed by atoms with Gasteiger partial charge in [0.1, 0.15) is 0 Å². The summed E-state index contributed by atoms with van der Waals surface area (Å²) < 4.78 is 38.2. The van der Waals surface area contributed by atoms with Crippen LogP contribution in [0, 0.1) is 5.92 Å². The second-order valence-corrected chi connectivity index (χ2v) is 5.85. The average Bonchev–Trinajstić information content (AvgIpc) is 2.95. The molecule has 2 aliphatic rings. The van der Waals surface area contributed by atoms with Crippen LogP contribution in [0.1, 0.15) is 30.4 Å².